The van der Waals surface area contributed by atoms with E-state index in [1.54, 1.807) is 5.32 Å². The van der Waals surface area contributed by atoms with Crippen LogP contribution >= 0.6 is 11.6 Å². The van der Waals surface area contributed by atoms with Crippen LogP contribution in [0.5, 0.6) is 0 Å². The number of imide groups is 1. The number of rotatable bonds is 3. The van der Waals surface area contributed by atoms with Gasteiger partial charge in [-0.25, -0.2) is 14.1 Å². The Morgan fingerprint density at radius 1 is 1.09 bits per heavy atom. The van der Waals surface area contributed by atoms with E-state index in [1.165, 1.54) is 41.7 Å². The lowest BCUT2D eigenvalue weighted by atomic mass is 9.81. The van der Waals surface area contributed by atoms with Crippen molar-refractivity contribution in [1.29, 1.82) is 0 Å². The highest BCUT2D eigenvalue weighted by Crippen LogP contribution is 2.44. The fourth-order valence-corrected chi connectivity index (χ4v) is 3.74. The Labute approximate surface area is 187 Å². The van der Waals surface area contributed by atoms with Crippen LogP contribution in [0.1, 0.15) is 10.4 Å². The Bertz CT molecular complexity index is 1230. The lowest BCUT2D eigenvalue weighted by Gasteiger charge is -2.39. The second-order valence-corrected chi connectivity index (χ2v) is 7.49. The maximum Gasteiger partial charge on any atom is 0.422 e. The number of aliphatic imine (C=N–C) groups is 1. The molecule has 1 saturated heterocycles. The first kappa shape index (κ1) is 22.4. The summed E-state index contributed by atoms with van der Waals surface area (Å²) in [5.41, 5.74) is -4.71. The normalized spacial score (nSPS) is 22.6. The molecule has 8 nitrogen and oxygen atoms in total. The summed E-state index contributed by atoms with van der Waals surface area (Å²) < 4.78 is 57.1. The van der Waals surface area contributed by atoms with Gasteiger partial charge in [0.15, 0.2) is 0 Å². The molecule has 1 fully saturated rings. The molecule has 2 atom stereocenters. The van der Waals surface area contributed by atoms with Gasteiger partial charge in [0.05, 0.1) is 11.3 Å². The number of nitrogens with one attached hydrogen (secondary N) is 2. The largest absolute Gasteiger partial charge is 0.422 e. The second-order valence-electron chi connectivity index (χ2n) is 7.05. The predicted molar refractivity (Wildman–Crippen MR) is 106 cm³/mol. The third-order valence-corrected chi connectivity index (χ3v) is 5.38. The highest BCUT2D eigenvalue weighted by atomic mass is 35.5. The minimum Gasteiger partial charge on any atom is -0.329 e. The molecule has 2 unspecified atom stereocenters. The second kappa shape index (κ2) is 7.66. The molecule has 170 valence electrons. The number of amides is 5. The lowest BCUT2D eigenvalue weighted by Crippen LogP contribution is -2.72. The van der Waals surface area contributed by atoms with Crippen LogP contribution in [-0.4, -0.2) is 41.3 Å². The average Bonchev–Trinajstić information content (AvgIpc) is 3.02. The van der Waals surface area contributed by atoms with E-state index in [0.29, 0.717) is 4.90 Å². The van der Waals surface area contributed by atoms with Crippen LogP contribution in [0, 0.1) is 11.7 Å². The van der Waals surface area contributed by atoms with E-state index < -0.39 is 58.6 Å². The van der Waals surface area contributed by atoms with Crippen molar-refractivity contribution >= 4 is 46.9 Å². The Kier molecular flexibility index (Phi) is 5.20. The highest BCUT2D eigenvalue weighted by Gasteiger charge is 2.74. The SMILES string of the molecule is O=C(NC1(C(F)(F)F)C(=O)N=C2C1C(=O)NC(=O)N2c1ccc(Cl)cc1)c1ccccc1F. The third kappa shape index (κ3) is 3.42. The highest BCUT2D eigenvalue weighted by molar-refractivity contribution is 6.36. The van der Waals surface area contributed by atoms with Crippen LogP contribution in [0.15, 0.2) is 53.5 Å². The molecule has 2 aromatic rings. The molecular weight excluding hydrogens is 472 g/mol. The van der Waals surface area contributed by atoms with Gasteiger partial charge in [-0.3, -0.25) is 19.7 Å². The van der Waals surface area contributed by atoms with E-state index >= 15 is 0 Å². The molecular formula is C20H11ClF4N4O4. The molecule has 2 N–H and O–H groups in total. The molecule has 0 aliphatic carbocycles. The summed E-state index contributed by atoms with van der Waals surface area (Å²) in [6.45, 7) is 0. The van der Waals surface area contributed by atoms with E-state index in [-0.39, 0.29) is 10.7 Å². The van der Waals surface area contributed by atoms with Gasteiger partial charge in [-0.2, -0.15) is 18.2 Å². The molecule has 5 amide bonds. The number of nitrogens with zero attached hydrogens (tertiary/aromatic N) is 2. The van der Waals surface area contributed by atoms with Crippen LogP contribution in [0.4, 0.5) is 28.0 Å². The summed E-state index contributed by atoms with van der Waals surface area (Å²) in [5.74, 6) is -9.51. The Hall–Kier alpha value is -3.80. The zero-order chi connectivity index (χ0) is 24.1. The molecule has 4 rings (SSSR count). The first-order valence-corrected chi connectivity index (χ1v) is 9.52. The molecule has 13 heteroatoms. The van der Waals surface area contributed by atoms with Gasteiger partial charge in [0.1, 0.15) is 17.6 Å². The van der Waals surface area contributed by atoms with Crippen molar-refractivity contribution in [2.75, 3.05) is 4.90 Å². The van der Waals surface area contributed by atoms with E-state index in [0.717, 1.165) is 12.1 Å². The van der Waals surface area contributed by atoms with Gasteiger partial charge in [0.2, 0.25) is 11.4 Å². The van der Waals surface area contributed by atoms with Gasteiger partial charge in [-0.15, -0.1) is 0 Å². The van der Waals surface area contributed by atoms with Crippen LogP contribution < -0.4 is 15.5 Å². The quantitative estimate of drug-likeness (QED) is 0.656. The van der Waals surface area contributed by atoms with Gasteiger partial charge in [0, 0.05) is 5.02 Å². The van der Waals surface area contributed by atoms with Gasteiger partial charge in [0.25, 0.3) is 11.8 Å². The average molecular weight is 483 g/mol. The van der Waals surface area contributed by atoms with Crippen molar-refractivity contribution < 1.29 is 36.7 Å². The third-order valence-electron chi connectivity index (χ3n) is 5.13. The summed E-state index contributed by atoms with van der Waals surface area (Å²) in [7, 11) is 0. The maximum atomic E-state index is 14.4. The van der Waals surface area contributed by atoms with Crippen LogP contribution in [0.2, 0.25) is 5.02 Å². The Balaban J connectivity index is 1.83. The molecule has 0 spiro atoms. The van der Waals surface area contributed by atoms with Crippen molar-refractivity contribution in [2.45, 2.75) is 11.7 Å². The molecule has 33 heavy (non-hydrogen) atoms. The number of fused-ring (bicyclic) bond motifs is 1. The molecule has 0 radical (unpaired) electrons. The molecule has 2 aliphatic heterocycles. The molecule has 0 aromatic heterocycles. The summed E-state index contributed by atoms with van der Waals surface area (Å²) in [6.07, 6.45) is -5.55. The van der Waals surface area contributed by atoms with E-state index in [4.69, 9.17) is 11.6 Å². The van der Waals surface area contributed by atoms with Gasteiger partial charge >= 0.3 is 12.2 Å². The molecule has 2 aromatic carbocycles. The molecule has 0 saturated carbocycles. The molecule has 2 aliphatic rings. The Morgan fingerprint density at radius 3 is 2.33 bits per heavy atom. The number of carbonyl (C=O) groups excluding carboxylic acids is 4. The van der Waals surface area contributed by atoms with E-state index in [1.807, 2.05) is 0 Å². The number of halogens is 5. The fraction of sp³-hybridized carbons (Fsp3) is 0.150. The van der Waals surface area contributed by atoms with Crippen LogP contribution in [0.25, 0.3) is 0 Å². The molecule has 2 heterocycles. The number of urea groups is 1. The standard InChI is InChI=1S/C20H11ClF4N4O4/c21-9-5-7-10(8-6-9)29-14-13(16(31)27-18(29)33)19(17(32)26-14,20(23,24)25)28-15(30)11-3-1-2-4-12(11)22/h1-8,13H,(H,28,30)(H,27,31,33). The number of carbonyl (C=O) groups is 4. The summed E-state index contributed by atoms with van der Waals surface area (Å²) >= 11 is 5.79. The zero-order valence-electron chi connectivity index (χ0n) is 16.1. The number of amidine groups is 1. The first-order valence-electron chi connectivity index (χ1n) is 9.14. The van der Waals surface area contributed by atoms with E-state index in [9.17, 15) is 36.7 Å². The van der Waals surface area contributed by atoms with Crippen molar-refractivity contribution in [3.8, 4) is 0 Å². The maximum absolute atomic E-state index is 14.4. The Morgan fingerprint density at radius 2 is 1.73 bits per heavy atom. The fourth-order valence-electron chi connectivity index (χ4n) is 3.62. The number of hydrogen-bond acceptors (Lipinski definition) is 4. The van der Waals surface area contributed by atoms with Crippen molar-refractivity contribution in [1.82, 2.24) is 10.6 Å². The lowest BCUT2D eigenvalue weighted by molar-refractivity contribution is -0.201. The topological polar surface area (TPSA) is 108 Å². The minimum absolute atomic E-state index is 0.0423. The van der Waals surface area contributed by atoms with Crippen molar-refractivity contribution in [3.63, 3.8) is 0 Å². The zero-order valence-corrected chi connectivity index (χ0v) is 16.9. The van der Waals surface area contributed by atoms with Gasteiger partial charge in [-0.05, 0) is 36.4 Å². The predicted octanol–water partition coefficient (Wildman–Crippen LogP) is 2.82. The first-order chi connectivity index (χ1) is 15.5. The summed E-state index contributed by atoms with van der Waals surface area (Å²) in [6, 6.07) is 8.14. The minimum atomic E-state index is -5.55. The molecule has 0 bridgehead atoms. The van der Waals surface area contributed by atoms with Crippen molar-refractivity contribution in [3.05, 3.63) is 64.9 Å². The smallest absolute Gasteiger partial charge is 0.329 e. The van der Waals surface area contributed by atoms with Gasteiger partial charge < -0.3 is 5.32 Å². The number of anilines is 1. The number of hydrogen-bond donors (Lipinski definition) is 2. The summed E-state index contributed by atoms with van der Waals surface area (Å²) in [5, 5.41) is 3.46. The monoisotopic (exact) mass is 482 g/mol. The van der Waals surface area contributed by atoms with E-state index in [2.05, 4.69) is 4.99 Å². The number of alkyl halides is 3. The number of benzene rings is 2. The van der Waals surface area contributed by atoms with Gasteiger partial charge in [-0.1, -0.05) is 23.7 Å². The summed E-state index contributed by atoms with van der Waals surface area (Å²) in [4.78, 5) is 54.2. The van der Waals surface area contributed by atoms with Crippen LogP contribution in [-0.2, 0) is 9.59 Å². The van der Waals surface area contributed by atoms with Crippen molar-refractivity contribution in [2.24, 2.45) is 10.9 Å². The van der Waals surface area contributed by atoms with Crippen LogP contribution in [0.3, 0.4) is 0 Å².